The summed E-state index contributed by atoms with van der Waals surface area (Å²) in [5, 5.41) is 0.698. The molecular weight excluding hydrogens is 198 g/mol. The molecule has 1 rings (SSSR count). The summed E-state index contributed by atoms with van der Waals surface area (Å²) in [5.74, 6) is 0.0972. The Bertz CT molecular complexity index is 308. The lowest BCUT2D eigenvalue weighted by Gasteiger charge is -2.08. The molecular formula is C11H14ClNO. The summed E-state index contributed by atoms with van der Waals surface area (Å²) < 4.78 is 0. The van der Waals surface area contributed by atoms with Gasteiger partial charge in [0.1, 0.15) is 5.78 Å². The average molecular weight is 212 g/mol. The molecule has 3 heteroatoms. The van der Waals surface area contributed by atoms with Gasteiger partial charge in [-0.3, -0.25) is 4.79 Å². The van der Waals surface area contributed by atoms with Gasteiger partial charge in [0.05, 0.1) is 6.04 Å². The van der Waals surface area contributed by atoms with Gasteiger partial charge in [-0.15, -0.1) is 0 Å². The summed E-state index contributed by atoms with van der Waals surface area (Å²) in [5.41, 5.74) is 6.76. The molecule has 0 saturated carbocycles. The summed E-state index contributed by atoms with van der Waals surface area (Å²) in [7, 11) is 0. The third-order valence-corrected chi connectivity index (χ3v) is 2.38. The quantitative estimate of drug-likeness (QED) is 0.830. The fourth-order valence-corrected chi connectivity index (χ4v) is 1.38. The van der Waals surface area contributed by atoms with Crippen molar-refractivity contribution in [2.45, 2.75) is 25.8 Å². The highest BCUT2D eigenvalue weighted by Crippen LogP contribution is 2.11. The van der Waals surface area contributed by atoms with Crippen LogP contribution in [0.1, 0.15) is 18.9 Å². The second kappa shape index (κ2) is 5.13. The molecule has 0 bridgehead atoms. The van der Waals surface area contributed by atoms with Crippen molar-refractivity contribution in [3.8, 4) is 0 Å². The fourth-order valence-electron chi connectivity index (χ4n) is 1.25. The Balaban J connectivity index is 2.60. The fraction of sp³-hybridized carbons (Fsp3) is 0.364. The molecule has 0 amide bonds. The SMILES string of the molecule is CCC(=O)C(N)Cc1ccc(Cl)cc1. The summed E-state index contributed by atoms with van der Waals surface area (Å²) in [6, 6.07) is 7.01. The second-order valence-corrected chi connectivity index (χ2v) is 3.69. The molecule has 0 aliphatic rings. The molecule has 0 aromatic heterocycles. The van der Waals surface area contributed by atoms with E-state index in [2.05, 4.69) is 0 Å². The summed E-state index contributed by atoms with van der Waals surface area (Å²) in [6.45, 7) is 1.82. The number of nitrogens with two attached hydrogens (primary N) is 1. The Morgan fingerprint density at radius 2 is 2.00 bits per heavy atom. The van der Waals surface area contributed by atoms with Crippen LogP contribution in [0.5, 0.6) is 0 Å². The van der Waals surface area contributed by atoms with Crippen molar-refractivity contribution in [3.05, 3.63) is 34.9 Å². The first-order valence-electron chi connectivity index (χ1n) is 4.66. The standard InChI is InChI=1S/C11H14ClNO/c1-2-11(14)10(13)7-8-3-5-9(12)6-4-8/h3-6,10H,2,7,13H2,1H3. The lowest BCUT2D eigenvalue weighted by molar-refractivity contribution is -0.119. The average Bonchev–Trinajstić information content (AvgIpc) is 2.20. The molecule has 76 valence electrons. The van der Waals surface area contributed by atoms with Crippen LogP contribution in [0.15, 0.2) is 24.3 Å². The number of benzene rings is 1. The predicted octanol–water partition coefficient (Wildman–Crippen LogP) is 2.19. The molecule has 1 unspecified atom stereocenters. The van der Waals surface area contributed by atoms with Gasteiger partial charge in [0.2, 0.25) is 0 Å². The maximum absolute atomic E-state index is 11.2. The van der Waals surface area contributed by atoms with Crippen LogP contribution in [0.2, 0.25) is 5.02 Å². The Hall–Kier alpha value is -0.860. The summed E-state index contributed by atoms with van der Waals surface area (Å²) in [4.78, 5) is 11.2. The maximum atomic E-state index is 11.2. The number of carbonyl (C=O) groups excluding carboxylic acids is 1. The highest BCUT2D eigenvalue weighted by molar-refractivity contribution is 6.30. The van der Waals surface area contributed by atoms with Crippen LogP contribution in [0.3, 0.4) is 0 Å². The topological polar surface area (TPSA) is 43.1 Å². The van der Waals surface area contributed by atoms with Gasteiger partial charge >= 0.3 is 0 Å². The van der Waals surface area contributed by atoms with Crippen molar-refractivity contribution in [2.75, 3.05) is 0 Å². The number of rotatable bonds is 4. The molecule has 0 aliphatic carbocycles. The Kier molecular flexibility index (Phi) is 4.11. The highest BCUT2D eigenvalue weighted by Gasteiger charge is 2.11. The molecule has 0 heterocycles. The van der Waals surface area contributed by atoms with Crippen LogP contribution in [0, 0.1) is 0 Å². The van der Waals surface area contributed by atoms with Gasteiger partial charge in [-0.05, 0) is 24.1 Å². The van der Waals surface area contributed by atoms with E-state index in [9.17, 15) is 4.79 Å². The van der Waals surface area contributed by atoms with Crippen LogP contribution in [-0.4, -0.2) is 11.8 Å². The number of hydrogen-bond donors (Lipinski definition) is 1. The Labute approximate surface area is 89.1 Å². The molecule has 14 heavy (non-hydrogen) atoms. The first-order valence-corrected chi connectivity index (χ1v) is 5.04. The van der Waals surface area contributed by atoms with Gasteiger partial charge in [0.25, 0.3) is 0 Å². The molecule has 1 aromatic rings. The van der Waals surface area contributed by atoms with E-state index in [1.54, 1.807) is 12.1 Å². The Morgan fingerprint density at radius 3 is 2.50 bits per heavy atom. The van der Waals surface area contributed by atoms with Gasteiger partial charge in [0.15, 0.2) is 0 Å². The van der Waals surface area contributed by atoms with E-state index in [-0.39, 0.29) is 11.8 Å². The van der Waals surface area contributed by atoms with Crippen LogP contribution in [-0.2, 0) is 11.2 Å². The van der Waals surface area contributed by atoms with Gasteiger partial charge in [-0.2, -0.15) is 0 Å². The molecule has 0 saturated heterocycles. The summed E-state index contributed by atoms with van der Waals surface area (Å²) >= 11 is 5.74. The van der Waals surface area contributed by atoms with Gasteiger partial charge in [0, 0.05) is 11.4 Å². The largest absolute Gasteiger partial charge is 0.321 e. The Morgan fingerprint density at radius 1 is 1.43 bits per heavy atom. The van der Waals surface area contributed by atoms with Crippen molar-refractivity contribution in [2.24, 2.45) is 5.73 Å². The minimum absolute atomic E-state index is 0.0972. The predicted molar refractivity (Wildman–Crippen MR) is 58.4 cm³/mol. The van der Waals surface area contributed by atoms with Gasteiger partial charge in [-0.1, -0.05) is 30.7 Å². The van der Waals surface area contributed by atoms with Crippen molar-refractivity contribution < 1.29 is 4.79 Å². The van der Waals surface area contributed by atoms with Crippen molar-refractivity contribution in [3.63, 3.8) is 0 Å². The van der Waals surface area contributed by atoms with E-state index in [1.165, 1.54) is 0 Å². The van der Waals surface area contributed by atoms with E-state index in [1.807, 2.05) is 19.1 Å². The van der Waals surface area contributed by atoms with Crippen LogP contribution >= 0.6 is 11.6 Å². The highest BCUT2D eigenvalue weighted by atomic mass is 35.5. The van der Waals surface area contributed by atoms with Crippen molar-refractivity contribution >= 4 is 17.4 Å². The van der Waals surface area contributed by atoms with Crippen LogP contribution < -0.4 is 5.73 Å². The summed E-state index contributed by atoms with van der Waals surface area (Å²) in [6.07, 6.45) is 1.08. The first kappa shape index (κ1) is 11.2. The minimum Gasteiger partial charge on any atom is -0.321 e. The van der Waals surface area contributed by atoms with E-state index in [0.717, 1.165) is 5.56 Å². The van der Waals surface area contributed by atoms with E-state index < -0.39 is 0 Å². The molecule has 0 fully saturated rings. The normalized spacial score (nSPS) is 12.5. The molecule has 2 nitrogen and oxygen atoms in total. The molecule has 1 aromatic carbocycles. The maximum Gasteiger partial charge on any atom is 0.149 e. The second-order valence-electron chi connectivity index (χ2n) is 3.26. The zero-order valence-electron chi connectivity index (χ0n) is 8.16. The molecule has 0 aliphatic heterocycles. The molecule has 1 atom stereocenters. The van der Waals surface area contributed by atoms with Crippen molar-refractivity contribution in [1.29, 1.82) is 0 Å². The van der Waals surface area contributed by atoms with E-state index in [0.29, 0.717) is 17.9 Å². The monoisotopic (exact) mass is 211 g/mol. The third-order valence-electron chi connectivity index (χ3n) is 2.13. The number of Topliss-reactive ketones (excluding diaryl/α,β-unsaturated/α-hetero) is 1. The van der Waals surface area contributed by atoms with Crippen LogP contribution in [0.4, 0.5) is 0 Å². The zero-order chi connectivity index (χ0) is 10.6. The number of ketones is 1. The van der Waals surface area contributed by atoms with Gasteiger partial charge < -0.3 is 5.73 Å². The number of halogens is 1. The zero-order valence-corrected chi connectivity index (χ0v) is 8.92. The minimum atomic E-state index is -0.388. The third kappa shape index (κ3) is 3.13. The lowest BCUT2D eigenvalue weighted by atomic mass is 10.0. The number of carbonyl (C=O) groups is 1. The molecule has 0 radical (unpaired) electrons. The van der Waals surface area contributed by atoms with Crippen LogP contribution in [0.25, 0.3) is 0 Å². The molecule has 2 N–H and O–H groups in total. The smallest absolute Gasteiger partial charge is 0.149 e. The first-order chi connectivity index (χ1) is 6.63. The molecule has 0 spiro atoms. The van der Waals surface area contributed by atoms with E-state index >= 15 is 0 Å². The lowest BCUT2D eigenvalue weighted by Crippen LogP contribution is -2.32. The number of hydrogen-bond acceptors (Lipinski definition) is 2. The van der Waals surface area contributed by atoms with Gasteiger partial charge in [-0.25, -0.2) is 0 Å². The van der Waals surface area contributed by atoms with Crippen molar-refractivity contribution in [1.82, 2.24) is 0 Å². The van der Waals surface area contributed by atoms with E-state index in [4.69, 9.17) is 17.3 Å².